The molecule has 21 heavy (non-hydrogen) atoms. The Morgan fingerprint density at radius 3 is 3.19 bits per heavy atom. The molecule has 0 aromatic carbocycles. The molecule has 0 aliphatic carbocycles. The first-order valence-corrected chi connectivity index (χ1v) is 7.16. The Balaban J connectivity index is 1.92. The summed E-state index contributed by atoms with van der Waals surface area (Å²) in [6, 6.07) is 3.54. The van der Waals surface area contributed by atoms with Gasteiger partial charge in [0.05, 0.1) is 6.61 Å². The Labute approximate surface area is 122 Å². The Morgan fingerprint density at radius 2 is 2.38 bits per heavy atom. The Bertz CT molecular complexity index is 654. The molecule has 0 bridgehead atoms. The highest BCUT2D eigenvalue weighted by molar-refractivity contribution is 5.80. The number of carbonyl (C=O) groups excluding carboxylic acids is 1. The molecule has 0 spiro atoms. The molecular weight excluding hydrogens is 270 g/mol. The second kappa shape index (κ2) is 5.69. The van der Waals surface area contributed by atoms with Crippen molar-refractivity contribution in [3.8, 4) is 0 Å². The number of hydrogen-bond acceptors (Lipinski definition) is 6. The number of piperazine rings is 1. The molecule has 2 aromatic rings. The summed E-state index contributed by atoms with van der Waals surface area (Å²) in [5.41, 5.74) is 1.89. The van der Waals surface area contributed by atoms with Crippen molar-refractivity contribution in [1.29, 1.82) is 0 Å². The molecule has 1 aliphatic rings. The predicted octanol–water partition coefficient (Wildman–Crippen LogP) is 0.379. The Hall–Kier alpha value is -2.15. The van der Waals surface area contributed by atoms with Gasteiger partial charge in [0, 0.05) is 25.8 Å². The fourth-order valence-electron chi connectivity index (χ4n) is 2.49. The standard InChI is InChI=1S/C14H19N5O2/c1-3-21-13(20)11-8-15-6-7-18(11)14-16-12-5-4-10(2)9-19(12)17-14/h4-5,9,11,15H,3,6-8H2,1-2H3. The van der Waals surface area contributed by atoms with E-state index in [1.807, 2.05) is 37.1 Å². The fourth-order valence-corrected chi connectivity index (χ4v) is 2.49. The molecule has 1 fully saturated rings. The molecule has 1 aliphatic heterocycles. The first-order chi connectivity index (χ1) is 10.2. The summed E-state index contributed by atoms with van der Waals surface area (Å²) in [6.45, 7) is 6.22. The molecule has 0 saturated carbocycles. The van der Waals surface area contributed by atoms with Crippen molar-refractivity contribution >= 4 is 17.6 Å². The number of aryl methyl sites for hydroxylation is 1. The number of aromatic nitrogens is 3. The molecule has 3 rings (SSSR count). The number of esters is 1. The van der Waals surface area contributed by atoms with Crippen molar-refractivity contribution in [2.45, 2.75) is 19.9 Å². The molecule has 112 valence electrons. The van der Waals surface area contributed by atoms with E-state index in [4.69, 9.17) is 4.74 Å². The lowest BCUT2D eigenvalue weighted by molar-refractivity contribution is -0.144. The second-order valence-electron chi connectivity index (χ2n) is 5.09. The third kappa shape index (κ3) is 2.69. The van der Waals surface area contributed by atoms with Crippen LogP contribution in [0.1, 0.15) is 12.5 Å². The van der Waals surface area contributed by atoms with E-state index in [0.29, 0.717) is 25.6 Å². The number of ether oxygens (including phenoxy) is 1. The molecule has 7 nitrogen and oxygen atoms in total. The van der Waals surface area contributed by atoms with Crippen LogP contribution in [-0.2, 0) is 9.53 Å². The molecule has 3 heterocycles. The smallest absolute Gasteiger partial charge is 0.330 e. The van der Waals surface area contributed by atoms with Crippen molar-refractivity contribution in [1.82, 2.24) is 19.9 Å². The van der Waals surface area contributed by atoms with Gasteiger partial charge in [0.2, 0.25) is 5.95 Å². The van der Waals surface area contributed by atoms with Crippen LogP contribution in [0.3, 0.4) is 0 Å². The normalized spacial score (nSPS) is 19.0. The number of fused-ring (bicyclic) bond motifs is 1. The number of pyridine rings is 1. The van der Waals surface area contributed by atoms with Gasteiger partial charge in [-0.05, 0) is 25.5 Å². The van der Waals surface area contributed by atoms with E-state index in [1.165, 1.54) is 0 Å². The summed E-state index contributed by atoms with van der Waals surface area (Å²) < 4.78 is 6.89. The molecule has 1 atom stereocenters. The largest absolute Gasteiger partial charge is 0.464 e. The highest BCUT2D eigenvalue weighted by atomic mass is 16.5. The van der Waals surface area contributed by atoms with E-state index < -0.39 is 0 Å². The summed E-state index contributed by atoms with van der Waals surface area (Å²) in [4.78, 5) is 18.5. The van der Waals surface area contributed by atoms with Gasteiger partial charge in [-0.2, -0.15) is 4.98 Å². The minimum atomic E-state index is -0.378. The summed E-state index contributed by atoms with van der Waals surface area (Å²) >= 11 is 0. The molecule has 1 N–H and O–H groups in total. The molecule has 0 amide bonds. The van der Waals surface area contributed by atoms with Crippen molar-refractivity contribution in [2.24, 2.45) is 0 Å². The zero-order valence-electron chi connectivity index (χ0n) is 12.2. The lowest BCUT2D eigenvalue weighted by atomic mass is 10.2. The first-order valence-electron chi connectivity index (χ1n) is 7.16. The van der Waals surface area contributed by atoms with Crippen LogP contribution in [0.2, 0.25) is 0 Å². The highest BCUT2D eigenvalue weighted by Crippen LogP contribution is 2.16. The number of nitrogens with one attached hydrogen (secondary N) is 1. The fraction of sp³-hybridized carbons (Fsp3) is 0.500. The highest BCUT2D eigenvalue weighted by Gasteiger charge is 2.32. The maximum absolute atomic E-state index is 12.1. The van der Waals surface area contributed by atoms with E-state index in [2.05, 4.69) is 15.4 Å². The van der Waals surface area contributed by atoms with E-state index in [0.717, 1.165) is 17.8 Å². The first kappa shape index (κ1) is 13.8. The van der Waals surface area contributed by atoms with Gasteiger partial charge in [-0.25, -0.2) is 9.31 Å². The van der Waals surface area contributed by atoms with Gasteiger partial charge in [-0.1, -0.05) is 6.07 Å². The maximum Gasteiger partial charge on any atom is 0.330 e. The Morgan fingerprint density at radius 1 is 1.52 bits per heavy atom. The number of rotatable bonds is 3. The van der Waals surface area contributed by atoms with Crippen LogP contribution in [0, 0.1) is 6.92 Å². The number of hydrogen-bond donors (Lipinski definition) is 1. The summed E-state index contributed by atoms with van der Waals surface area (Å²) in [5.74, 6) is 0.333. The van der Waals surface area contributed by atoms with Crippen molar-refractivity contribution in [3.63, 3.8) is 0 Å². The van der Waals surface area contributed by atoms with Crippen LogP contribution in [0.25, 0.3) is 5.65 Å². The van der Waals surface area contributed by atoms with Gasteiger partial charge in [-0.3, -0.25) is 0 Å². The van der Waals surface area contributed by atoms with E-state index in [1.54, 1.807) is 4.52 Å². The number of carbonyl (C=O) groups is 1. The zero-order chi connectivity index (χ0) is 14.8. The Kier molecular flexibility index (Phi) is 3.74. The minimum Gasteiger partial charge on any atom is -0.464 e. The summed E-state index contributed by atoms with van der Waals surface area (Å²) in [7, 11) is 0. The maximum atomic E-state index is 12.1. The van der Waals surface area contributed by atoms with Gasteiger partial charge in [-0.15, -0.1) is 5.10 Å². The molecule has 2 aromatic heterocycles. The third-order valence-corrected chi connectivity index (χ3v) is 3.53. The molecule has 0 radical (unpaired) electrons. The van der Waals surface area contributed by atoms with Crippen LogP contribution in [0.5, 0.6) is 0 Å². The van der Waals surface area contributed by atoms with Gasteiger partial charge in [0.15, 0.2) is 5.65 Å². The molecular formula is C14H19N5O2. The van der Waals surface area contributed by atoms with Crippen molar-refractivity contribution < 1.29 is 9.53 Å². The van der Waals surface area contributed by atoms with Crippen LogP contribution >= 0.6 is 0 Å². The average molecular weight is 289 g/mol. The number of anilines is 1. The average Bonchev–Trinajstić information content (AvgIpc) is 2.90. The van der Waals surface area contributed by atoms with Crippen LogP contribution in [0.15, 0.2) is 18.3 Å². The van der Waals surface area contributed by atoms with Gasteiger partial charge >= 0.3 is 5.97 Å². The topological polar surface area (TPSA) is 71.8 Å². The van der Waals surface area contributed by atoms with Gasteiger partial charge < -0.3 is 15.0 Å². The van der Waals surface area contributed by atoms with Crippen LogP contribution < -0.4 is 10.2 Å². The van der Waals surface area contributed by atoms with Crippen LogP contribution in [-0.4, -0.2) is 52.9 Å². The summed E-state index contributed by atoms with van der Waals surface area (Å²) in [6.07, 6.45) is 1.92. The molecule has 7 heteroatoms. The van der Waals surface area contributed by atoms with E-state index in [9.17, 15) is 4.79 Å². The third-order valence-electron chi connectivity index (χ3n) is 3.53. The van der Waals surface area contributed by atoms with Gasteiger partial charge in [0.25, 0.3) is 0 Å². The lowest BCUT2D eigenvalue weighted by Gasteiger charge is -2.33. The van der Waals surface area contributed by atoms with E-state index in [-0.39, 0.29) is 12.0 Å². The van der Waals surface area contributed by atoms with E-state index >= 15 is 0 Å². The quantitative estimate of drug-likeness (QED) is 0.824. The van der Waals surface area contributed by atoms with Crippen molar-refractivity contribution in [3.05, 3.63) is 23.9 Å². The van der Waals surface area contributed by atoms with Crippen LogP contribution in [0.4, 0.5) is 5.95 Å². The molecule has 1 unspecified atom stereocenters. The predicted molar refractivity (Wildman–Crippen MR) is 78.4 cm³/mol. The SMILES string of the molecule is CCOC(=O)C1CNCCN1c1nc2ccc(C)cn2n1. The zero-order valence-corrected chi connectivity index (χ0v) is 12.2. The van der Waals surface area contributed by atoms with Gasteiger partial charge in [0.1, 0.15) is 6.04 Å². The number of nitrogens with zero attached hydrogens (tertiary/aromatic N) is 4. The molecule has 1 saturated heterocycles. The van der Waals surface area contributed by atoms with Crippen molar-refractivity contribution in [2.75, 3.05) is 31.1 Å². The lowest BCUT2D eigenvalue weighted by Crippen LogP contribution is -2.56. The second-order valence-corrected chi connectivity index (χ2v) is 5.09. The summed E-state index contributed by atoms with van der Waals surface area (Å²) in [5, 5.41) is 7.70. The minimum absolute atomic E-state index is 0.236. The monoisotopic (exact) mass is 289 g/mol.